The maximum atomic E-state index is 13.1. The molecule has 19 heteroatoms. The third-order valence-electron chi connectivity index (χ3n) is 17.8. The normalized spacial score (nSPS) is 14.2. The van der Waals surface area contributed by atoms with Crippen molar-refractivity contribution in [1.29, 1.82) is 0 Å². The Bertz CT molecular complexity index is 2000. The van der Waals surface area contributed by atoms with Crippen molar-refractivity contribution in [2.75, 3.05) is 39.6 Å². The second-order valence-corrected chi connectivity index (χ2v) is 32.1. The highest BCUT2D eigenvalue weighted by atomic mass is 31.2. The van der Waals surface area contributed by atoms with Crippen LogP contribution in [-0.4, -0.2) is 96.7 Å². The predicted molar refractivity (Wildman–Crippen MR) is 400 cm³/mol. The van der Waals surface area contributed by atoms with Crippen LogP contribution >= 0.6 is 15.6 Å². The molecule has 0 saturated carbocycles. The molecule has 3 unspecified atom stereocenters. The summed E-state index contributed by atoms with van der Waals surface area (Å²) in [7, 11) is -9.93. The third-order valence-corrected chi connectivity index (χ3v) is 19.7. The van der Waals surface area contributed by atoms with Gasteiger partial charge in [-0.05, 0) is 69.1 Å². The number of carbonyl (C=O) groups is 4. The fraction of sp³-hybridized carbons (Fsp3) is 0.899. The average Bonchev–Trinajstić information content (AvgIpc) is 0.997. The first kappa shape index (κ1) is 95.5. The van der Waals surface area contributed by atoms with Crippen LogP contribution in [0.25, 0.3) is 0 Å². The zero-order valence-corrected chi connectivity index (χ0v) is 65.5. The van der Waals surface area contributed by atoms with Crippen molar-refractivity contribution in [3.05, 3.63) is 24.3 Å². The molecule has 5 atom stereocenters. The summed E-state index contributed by atoms with van der Waals surface area (Å²) in [5, 5.41) is 10.6. The molecule has 0 spiro atoms. The van der Waals surface area contributed by atoms with Crippen molar-refractivity contribution in [2.24, 2.45) is 17.8 Å². The Hall–Kier alpha value is -2.46. The minimum atomic E-state index is -4.97. The lowest BCUT2D eigenvalue weighted by Crippen LogP contribution is -2.30. The fourth-order valence-electron chi connectivity index (χ4n) is 11.6. The maximum absolute atomic E-state index is 13.1. The van der Waals surface area contributed by atoms with Crippen molar-refractivity contribution in [2.45, 2.75) is 401 Å². The summed E-state index contributed by atoms with van der Waals surface area (Å²) in [5.74, 6) is 0.138. The number of ether oxygens (including phenoxy) is 4. The lowest BCUT2D eigenvalue weighted by molar-refractivity contribution is -0.161. The van der Waals surface area contributed by atoms with Crippen molar-refractivity contribution in [3.63, 3.8) is 0 Å². The summed E-state index contributed by atoms with van der Waals surface area (Å²) in [4.78, 5) is 72.9. The van der Waals surface area contributed by atoms with Gasteiger partial charge in [-0.2, -0.15) is 0 Å². The first-order valence-electron chi connectivity index (χ1n) is 40.2. The average molecular weight is 1430 g/mol. The van der Waals surface area contributed by atoms with Gasteiger partial charge >= 0.3 is 39.5 Å². The topological polar surface area (TPSA) is 237 Å². The summed E-state index contributed by atoms with van der Waals surface area (Å²) < 4.78 is 68.6. The van der Waals surface area contributed by atoms with Gasteiger partial charge < -0.3 is 33.8 Å². The number of phosphoric acid groups is 2. The molecule has 0 saturated heterocycles. The molecule has 0 radical (unpaired) electrons. The Morgan fingerprint density at radius 1 is 0.316 bits per heavy atom. The van der Waals surface area contributed by atoms with Crippen LogP contribution in [-0.2, 0) is 65.4 Å². The predicted octanol–water partition coefficient (Wildman–Crippen LogP) is 22.9. The van der Waals surface area contributed by atoms with Gasteiger partial charge in [0.15, 0.2) is 12.2 Å². The lowest BCUT2D eigenvalue weighted by atomic mass is 10.0. The second kappa shape index (κ2) is 68.9. The quantitative estimate of drug-likeness (QED) is 0.0169. The van der Waals surface area contributed by atoms with E-state index in [4.69, 9.17) is 37.0 Å². The third kappa shape index (κ3) is 71.9. The van der Waals surface area contributed by atoms with Crippen molar-refractivity contribution in [1.82, 2.24) is 0 Å². The molecule has 17 nitrogen and oxygen atoms in total. The monoisotopic (exact) mass is 1430 g/mol. The molecule has 0 aliphatic rings. The Labute approximate surface area is 599 Å². The first-order chi connectivity index (χ1) is 47.2. The van der Waals surface area contributed by atoms with E-state index in [0.717, 1.165) is 127 Å². The van der Waals surface area contributed by atoms with Crippen LogP contribution in [0.15, 0.2) is 24.3 Å². The molecule has 0 aromatic rings. The number of aliphatic hydroxyl groups excluding tert-OH is 1. The van der Waals surface area contributed by atoms with E-state index >= 15 is 0 Å². The standard InChI is InChI=1S/C79H150O17P2/c1-8-9-10-11-12-13-14-15-18-22-25-31-39-46-53-60-76(81)89-66-74(95-78(83)62-55-48-41-32-26-23-20-17-16-19-21-24-29-36-43-50-57-70(2)3)68-93-97(85,86)91-64-73(80)65-92-98(87,88)94-69-75(67-90-77(82)61-54-47-40-35-34-38-45-52-59-72(6)7)96-79(84)63-56-49-42-33-28-27-30-37-44-51-58-71(4)5/h13-15,18,70-75,80H,8-12,16-17,19-69H2,1-7H3,(H,85,86)(H,87,88)/b14-13-,18-15-/t73?,74-,75-/m1/s1. The minimum Gasteiger partial charge on any atom is -0.462 e. The van der Waals surface area contributed by atoms with Crippen LogP contribution in [0.2, 0.25) is 0 Å². The number of phosphoric ester groups is 2. The number of carbonyl (C=O) groups excluding carboxylic acids is 4. The molecule has 0 aromatic carbocycles. The maximum Gasteiger partial charge on any atom is 0.472 e. The molecule has 0 aliphatic carbocycles. The summed E-state index contributed by atoms with van der Waals surface area (Å²) >= 11 is 0. The number of hydrogen-bond donors (Lipinski definition) is 3. The van der Waals surface area contributed by atoms with Gasteiger partial charge in [-0.15, -0.1) is 0 Å². The van der Waals surface area contributed by atoms with E-state index in [9.17, 15) is 43.2 Å². The number of allylic oxidation sites excluding steroid dienone is 4. The zero-order chi connectivity index (χ0) is 72.3. The van der Waals surface area contributed by atoms with Crippen LogP contribution < -0.4 is 0 Å². The van der Waals surface area contributed by atoms with Gasteiger partial charge in [0, 0.05) is 25.7 Å². The SMILES string of the molecule is CCCCCC/C=C\C=C/CCCCCCCC(=O)OC[C@H](COP(=O)(O)OCC(O)COP(=O)(O)OC[C@@H](COC(=O)CCCCCCCCCCC(C)C)OC(=O)CCCCCCCCCCCCC(C)C)OC(=O)CCCCCCCCCCCCCCCCCCC(C)C. The van der Waals surface area contributed by atoms with Crippen LogP contribution in [0, 0.1) is 17.8 Å². The van der Waals surface area contributed by atoms with E-state index in [0.29, 0.717) is 25.7 Å². The van der Waals surface area contributed by atoms with Gasteiger partial charge in [-0.1, -0.05) is 330 Å². The van der Waals surface area contributed by atoms with Gasteiger partial charge in [0.25, 0.3) is 0 Å². The molecule has 0 bridgehead atoms. The van der Waals surface area contributed by atoms with Crippen LogP contribution in [0.1, 0.15) is 382 Å². The van der Waals surface area contributed by atoms with Crippen molar-refractivity contribution in [3.8, 4) is 0 Å². The number of unbranched alkanes of at least 4 members (excludes halogenated alkanes) is 40. The van der Waals surface area contributed by atoms with Crippen LogP contribution in [0.4, 0.5) is 0 Å². The summed E-state index contributed by atoms with van der Waals surface area (Å²) in [5.41, 5.74) is 0. The highest BCUT2D eigenvalue weighted by molar-refractivity contribution is 7.47. The van der Waals surface area contributed by atoms with Crippen molar-refractivity contribution >= 4 is 39.5 Å². The van der Waals surface area contributed by atoms with E-state index in [-0.39, 0.29) is 25.7 Å². The molecular formula is C79H150O17P2. The van der Waals surface area contributed by atoms with Gasteiger partial charge in [0.05, 0.1) is 26.4 Å². The van der Waals surface area contributed by atoms with Gasteiger partial charge in [-0.25, -0.2) is 9.13 Å². The number of aliphatic hydroxyl groups is 1. The molecule has 0 fully saturated rings. The molecule has 3 N–H and O–H groups in total. The molecule has 578 valence electrons. The number of rotatable bonds is 75. The summed E-state index contributed by atoms with van der Waals surface area (Å²) in [6, 6.07) is 0. The summed E-state index contributed by atoms with van der Waals surface area (Å²) in [6.07, 6.45) is 59.1. The number of hydrogen-bond acceptors (Lipinski definition) is 15. The molecule has 0 amide bonds. The fourth-order valence-corrected chi connectivity index (χ4v) is 13.2. The highest BCUT2D eigenvalue weighted by Gasteiger charge is 2.30. The van der Waals surface area contributed by atoms with E-state index in [1.807, 2.05) is 0 Å². The Balaban J connectivity index is 5.28. The summed E-state index contributed by atoms with van der Waals surface area (Å²) in [6.45, 7) is 11.8. The van der Waals surface area contributed by atoms with Crippen LogP contribution in [0.5, 0.6) is 0 Å². The molecule has 0 aliphatic heterocycles. The molecule has 98 heavy (non-hydrogen) atoms. The highest BCUT2D eigenvalue weighted by Crippen LogP contribution is 2.45. The Kier molecular flexibility index (Phi) is 67.2. The van der Waals surface area contributed by atoms with Gasteiger partial charge in [0.1, 0.15) is 19.3 Å². The Morgan fingerprint density at radius 2 is 0.551 bits per heavy atom. The zero-order valence-electron chi connectivity index (χ0n) is 63.7. The minimum absolute atomic E-state index is 0.101. The second-order valence-electron chi connectivity index (χ2n) is 29.2. The van der Waals surface area contributed by atoms with Crippen LogP contribution in [0.3, 0.4) is 0 Å². The van der Waals surface area contributed by atoms with Gasteiger partial charge in [0.2, 0.25) is 0 Å². The van der Waals surface area contributed by atoms with Gasteiger partial charge in [-0.3, -0.25) is 37.3 Å². The molecule has 0 rings (SSSR count). The van der Waals surface area contributed by atoms with E-state index < -0.39 is 97.5 Å². The smallest absolute Gasteiger partial charge is 0.462 e. The lowest BCUT2D eigenvalue weighted by Gasteiger charge is -2.21. The van der Waals surface area contributed by atoms with E-state index in [1.54, 1.807) is 0 Å². The largest absolute Gasteiger partial charge is 0.472 e. The molecule has 0 aromatic heterocycles. The van der Waals surface area contributed by atoms with E-state index in [1.165, 1.54) is 173 Å². The number of esters is 4. The van der Waals surface area contributed by atoms with Crippen molar-refractivity contribution < 1.29 is 80.2 Å². The molecule has 0 heterocycles. The first-order valence-corrected chi connectivity index (χ1v) is 43.2. The van der Waals surface area contributed by atoms with E-state index in [2.05, 4.69) is 72.8 Å². The Morgan fingerprint density at radius 3 is 0.827 bits per heavy atom. The molecular weight excluding hydrogens is 1280 g/mol.